The molecular weight excluding hydrogens is 240 g/mol. The van der Waals surface area contributed by atoms with E-state index in [2.05, 4.69) is 42.2 Å². The van der Waals surface area contributed by atoms with Crippen molar-refractivity contribution in [2.24, 2.45) is 5.92 Å². The van der Waals surface area contributed by atoms with Crippen molar-refractivity contribution in [1.82, 2.24) is 20.1 Å². The smallest absolute Gasteiger partial charge is 0.150 e. The van der Waals surface area contributed by atoms with Crippen LogP contribution in [0, 0.1) is 5.92 Å². The Labute approximate surface area is 115 Å². The van der Waals surface area contributed by atoms with E-state index >= 15 is 0 Å². The molecule has 19 heavy (non-hydrogen) atoms. The number of hydrogen-bond acceptors (Lipinski definition) is 4. The fourth-order valence-electron chi connectivity index (χ4n) is 2.29. The standard InChI is InChI=1S/C14H24N4O/c1-11(2)8-18-14(16-10-17-18)7-12(3)6-13-9-19-5-4-15-13/h7,10-11,13,15H,4-6,8-9H2,1-3H3/b12-7-. The lowest BCUT2D eigenvalue weighted by molar-refractivity contribution is 0.0771. The molecule has 0 amide bonds. The molecular formula is C14H24N4O. The summed E-state index contributed by atoms with van der Waals surface area (Å²) in [6.07, 6.45) is 4.75. The van der Waals surface area contributed by atoms with Crippen molar-refractivity contribution in [2.45, 2.75) is 39.8 Å². The van der Waals surface area contributed by atoms with E-state index in [1.54, 1.807) is 6.33 Å². The molecule has 0 bridgehead atoms. The highest BCUT2D eigenvalue weighted by molar-refractivity contribution is 5.44. The third-order valence-electron chi connectivity index (χ3n) is 3.13. The van der Waals surface area contributed by atoms with Crippen LogP contribution in [0.3, 0.4) is 0 Å². The SMILES string of the molecule is C/C(=C/c1ncnn1CC(C)C)CC1COCCN1. The van der Waals surface area contributed by atoms with Gasteiger partial charge in [0.15, 0.2) is 5.82 Å². The maximum atomic E-state index is 5.47. The maximum Gasteiger partial charge on any atom is 0.150 e. The van der Waals surface area contributed by atoms with Crippen molar-refractivity contribution < 1.29 is 4.74 Å². The van der Waals surface area contributed by atoms with Gasteiger partial charge in [0, 0.05) is 19.1 Å². The van der Waals surface area contributed by atoms with Gasteiger partial charge in [-0.1, -0.05) is 19.4 Å². The first-order valence-corrected chi connectivity index (χ1v) is 7.01. The van der Waals surface area contributed by atoms with Gasteiger partial charge in [0.2, 0.25) is 0 Å². The van der Waals surface area contributed by atoms with Crippen molar-refractivity contribution in [3.63, 3.8) is 0 Å². The Hall–Kier alpha value is -1.20. The zero-order valence-corrected chi connectivity index (χ0v) is 12.1. The van der Waals surface area contributed by atoms with E-state index in [1.165, 1.54) is 5.57 Å². The van der Waals surface area contributed by atoms with Crippen LogP contribution in [-0.4, -0.2) is 40.6 Å². The van der Waals surface area contributed by atoms with Crippen molar-refractivity contribution in [2.75, 3.05) is 19.8 Å². The quantitative estimate of drug-likeness (QED) is 0.879. The molecule has 1 aliphatic rings. The number of nitrogens with zero attached hydrogens (tertiary/aromatic N) is 3. The minimum absolute atomic E-state index is 0.423. The number of morpholine rings is 1. The Kier molecular flexibility index (Phi) is 5.10. The fraction of sp³-hybridized carbons (Fsp3) is 0.714. The molecule has 1 N–H and O–H groups in total. The average molecular weight is 264 g/mol. The molecule has 2 rings (SSSR count). The van der Waals surface area contributed by atoms with Crippen molar-refractivity contribution in [3.8, 4) is 0 Å². The van der Waals surface area contributed by atoms with E-state index in [4.69, 9.17) is 4.74 Å². The Morgan fingerprint density at radius 1 is 1.63 bits per heavy atom. The van der Waals surface area contributed by atoms with Crippen LogP contribution in [0.2, 0.25) is 0 Å². The Morgan fingerprint density at radius 2 is 2.47 bits per heavy atom. The van der Waals surface area contributed by atoms with Gasteiger partial charge < -0.3 is 10.1 Å². The van der Waals surface area contributed by atoms with E-state index in [9.17, 15) is 0 Å². The van der Waals surface area contributed by atoms with Gasteiger partial charge in [-0.05, 0) is 25.3 Å². The first-order chi connectivity index (χ1) is 9.15. The molecule has 1 atom stereocenters. The van der Waals surface area contributed by atoms with Gasteiger partial charge in [-0.15, -0.1) is 0 Å². The molecule has 1 fully saturated rings. The summed E-state index contributed by atoms with van der Waals surface area (Å²) in [5, 5.41) is 7.74. The molecule has 1 aliphatic heterocycles. The van der Waals surface area contributed by atoms with Gasteiger partial charge in [-0.3, -0.25) is 0 Å². The zero-order chi connectivity index (χ0) is 13.7. The molecule has 0 spiro atoms. The Bertz CT molecular complexity index is 419. The van der Waals surface area contributed by atoms with E-state index in [-0.39, 0.29) is 0 Å². The lowest BCUT2D eigenvalue weighted by atomic mass is 10.1. The third kappa shape index (κ3) is 4.44. The highest BCUT2D eigenvalue weighted by Crippen LogP contribution is 2.12. The first kappa shape index (κ1) is 14.2. The summed E-state index contributed by atoms with van der Waals surface area (Å²) in [5.74, 6) is 1.52. The largest absolute Gasteiger partial charge is 0.379 e. The minimum Gasteiger partial charge on any atom is -0.379 e. The molecule has 1 aromatic heterocycles. The van der Waals surface area contributed by atoms with E-state index in [0.717, 1.165) is 38.5 Å². The molecule has 5 heteroatoms. The first-order valence-electron chi connectivity index (χ1n) is 7.01. The van der Waals surface area contributed by atoms with Crippen molar-refractivity contribution in [3.05, 3.63) is 17.7 Å². The highest BCUT2D eigenvalue weighted by Gasteiger charge is 2.13. The molecule has 0 aromatic carbocycles. The number of ether oxygens (including phenoxy) is 1. The molecule has 2 heterocycles. The second kappa shape index (κ2) is 6.82. The molecule has 0 aliphatic carbocycles. The summed E-state index contributed by atoms with van der Waals surface area (Å²) in [7, 11) is 0. The van der Waals surface area contributed by atoms with Crippen molar-refractivity contribution >= 4 is 6.08 Å². The molecule has 0 radical (unpaired) electrons. The molecule has 106 valence electrons. The van der Waals surface area contributed by atoms with Crippen molar-refractivity contribution in [1.29, 1.82) is 0 Å². The summed E-state index contributed by atoms with van der Waals surface area (Å²) in [4.78, 5) is 4.33. The van der Waals surface area contributed by atoms with E-state index < -0.39 is 0 Å². The van der Waals surface area contributed by atoms with Crippen LogP contribution in [0.4, 0.5) is 0 Å². The average Bonchev–Trinajstić information content (AvgIpc) is 2.77. The van der Waals surface area contributed by atoms with Gasteiger partial charge in [0.1, 0.15) is 6.33 Å². The molecule has 5 nitrogen and oxygen atoms in total. The van der Waals surface area contributed by atoms with E-state index in [0.29, 0.717) is 12.0 Å². The molecule has 1 unspecified atom stereocenters. The van der Waals surface area contributed by atoms with Crippen LogP contribution in [-0.2, 0) is 11.3 Å². The van der Waals surface area contributed by atoms with Crippen LogP contribution in [0.15, 0.2) is 11.9 Å². The van der Waals surface area contributed by atoms with Crippen LogP contribution in [0.1, 0.15) is 33.0 Å². The van der Waals surface area contributed by atoms with Crippen LogP contribution in [0.25, 0.3) is 6.08 Å². The highest BCUT2D eigenvalue weighted by atomic mass is 16.5. The molecule has 0 saturated carbocycles. The lowest BCUT2D eigenvalue weighted by Gasteiger charge is -2.23. The monoisotopic (exact) mass is 264 g/mol. The number of aromatic nitrogens is 3. The van der Waals surface area contributed by atoms with Gasteiger partial charge in [0.25, 0.3) is 0 Å². The molecule has 1 saturated heterocycles. The predicted octanol–water partition coefficient (Wildman–Crippen LogP) is 1.72. The van der Waals surface area contributed by atoms with Gasteiger partial charge in [-0.2, -0.15) is 5.10 Å². The summed E-state index contributed by atoms with van der Waals surface area (Å²) >= 11 is 0. The van der Waals surface area contributed by atoms with Gasteiger partial charge >= 0.3 is 0 Å². The lowest BCUT2D eigenvalue weighted by Crippen LogP contribution is -2.41. The number of hydrogen-bond donors (Lipinski definition) is 1. The second-order valence-corrected chi connectivity index (χ2v) is 5.61. The molecule has 1 aromatic rings. The van der Waals surface area contributed by atoms with Crippen LogP contribution < -0.4 is 5.32 Å². The number of nitrogens with one attached hydrogen (secondary N) is 1. The zero-order valence-electron chi connectivity index (χ0n) is 12.1. The topological polar surface area (TPSA) is 52.0 Å². The summed E-state index contributed by atoms with van der Waals surface area (Å²) < 4.78 is 7.44. The Balaban J connectivity index is 1.97. The Morgan fingerprint density at radius 3 is 3.16 bits per heavy atom. The van der Waals surface area contributed by atoms with Crippen LogP contribution >= 0.6 is 0 Å². The van der Waals surface area contributed by atoms with Gasteiger partial charge in [-0.25, -0.2) is 9.67 Å². The normalized spacial score (nSPS) is 21.1. The van der Waals surface area contributed by atoms with Gasteiger partial charge in [0.05, 0.1) is 13.2 Å². The maximum absolute atomic E-state index is 5.47. The fourth-order valence-corrected chi connectivity index (χ4v) is 2.29. The predicted molar refractivity (Wildman–Crippen MR) is 75.7 cm³/mol. The third-order valence-corrected chi connectivity index (χ3v) is 3.13. The second-order valence-electron chi connectivity index (χ2n) is 5.61. The minimum atomic E-state index is 0.423. The summed E-state index contributed by atoms with van der Waals surface area (Å²) in [5.41, 5.74) is 1.31. The summed E-state index contributed by atoms with van der Waals surface area (Å²) in [6.45, 7) is 9.98. The number of rotatable bonds is 5. The van der Waals surface area contributed by atoms with Crippen LogP contribution in [0.5, 0.6) is 0 Å². The van der Waals surface area contributed by atoms with E-state index in [1.807, 2.05) is 4.68 Å². The summed E-state index contributed by atoms with van der Waals surface area (Å²) in [6, 6.07) is 0.423.